The summed E-state index contributed by atoms with van der Waals surface area (Å²) in [6, 6.07) is 11.6. The number of carboxylic acid groups (broad SMARTS) is 1. The number of rotatable bonds is 3. The summed E-state index contributed by atoms with van der Waals surface area (Å²) in [7, 11) is 0. The van der Waals surface area contributed by atoms with Gasteiger partial charge in [0, 0.05) is 12.0 Å². The number of nitro groups is 1. The zero-order valence-electron chi connectivity index (χ0n) is 13.3. The number of nitrogens with one attached hydrogen (secondary N) is 1. The zero-order valence-corrected chi connectivity index (χ0v) is 13.3. The molecule has 2 aromatic carbocycles. The van der Waals surface area contributed by atoms with Crippen molar-refractivity contribution in [3.05, 3.63) is 81.4 Å². The standard InChI is InChI=1S/C19H16N2O4/c22-19(23)15-9-4-8-13-11-6-3-7-12(11)17(20-18(13)15)14-5-1-2-10-16(14)21(24)25/h1-6,8-12,17,20H,7H2,(H,22,23)/t11-,12-,17-/m0/s1. The number of hydrogen-bond donors (Lipinski definition) is 2. The van der Waals surface area contributed by atoms with Crippen LogP contribution >= 0.6 is 0 Å². The summed E-state index contributed by atoms with van der Waals surface area (Å²) in [5, 5.41) is 24.3. The van der Waals surface area contributed by atoms with Crippen LogP contribution in [0.25, 0.3) is 0 Å². The van der Waals surface area contributed by atoms with Gasteiger partial charge in [-0.05, 0) is 24.0 Å². The van der Waals surface area contributed by atoms with Gasteiger partial charge in [-0.1, -0.05) is 42.5 Å². The quantitative estimate of drug-likeness (QED) is 0.500. The highest BCUT2D eigenvalue weighted by Crippen LogP contribution is 2.51. The molecule has 0 radical (unpaired) electrons. The van der Waals surface area contributed by atoms with E-state index in [0.717, 1.165) is 12.0 Å². The molecule has 0 unspecified atom stereocenters. The maximum absolute atomic E-state index is 11.6. The van der Waals surface area contributed by atoms with Gasteiger partial charge >= 0.3 is 5.97 Å². The minimum absolute atomic E-state index is 0.0559. The third-order valence-electron chi connectivity index (χ3n) is 5.10. The van der Waals surface area contributed by atoms with Crippen LogP contribution in [0.5, 0.6) is 0 Å². The highest BCUT2D eigenvalue weighted by molar-refractivity contribution is 5.95. The largest absolute Gasteiger partial charge is 0.478 e. The molecule has 6 heteroatoms. The van der Waals surface area contributed by atoms with E-state index >= 15 is 0 Å². The van der Waals surface area contributed by atoms with Crippen LogP contribution in [-0.2, 0) is 0 Å². The van der Waals surface area contributed by atoms with Crippen molar-refractivity contribution >= 4 is 17.3 Å². The van der Waals surface area contributed by atoms with Crippen LogP contribution in [0.2, 0.25) is 0 Å². The van der Waals surface area contributed by atoms with Crippen LogP contribution in [0.4, 0.5) is 11.4 Å². The Hall–Kier alpha value is -3.15. The molecule has 2 aliphatic rings. The first-order valence-electron chi connectivity index (χ1n) is 8.10. The maximum atomic E-state index is 11.6. The van der Waals surface area contributed by atoms with E-state index in [1.54, 1.807) is 30.3 Å². The maximum Gasteiger partial charge on any atom is 0.337 e. The number of allylic oxidation sites excluding steroid dienone is 2. The van der Waals surface area contributed by atoms with Crippen molar-refractivity contribution in [3.8, 4) is 0 Å². The average molecular weight is 336 g/mol. The van der Waals surface area contributed by atoms with Crippen LogP contribution in [0, 0.1) is 16.0 Å². The number of aromatic carboxylic acids is 1. The lowest BCUT2D eigenvalue weighted by atomic mass is 9.76. The Morgan fingerprint density at radius 1 is 1.16 bits per heavy atom. The summed E-state index contributed by atoms with van der Waals surface area (Å²) < 4.78 is 0. The molecule has 3 atom stereocenters. The van der Waals surface area contributed by atoms with Crippen molar-refractivity contribution in [1.82, 2.24) is 0 Å². The molecular weight excluding hydrogens is 320 g/mol. The Morgan fingerprint density at radius 2 is 1.92 bits per heavy atom. The van der Waals surface area contributed by atoms with Gasteiger partial charge in [0.15, 0.2) is 0 Å². The van der Waals surface area contributed by atoms with Crippen molar-refractivity contribution in [2.75, 3.05) is 5.32 Å². The SMILES string of the molecule is O=C(O)c1cccc2c1N[C@H](c1ccccc1[N+](=O)[O-])[C@H]1CC=C[C@H]21. The topological polar surface area (TPSA) is 92.5 Å². The van der Waals surface area contributed by atoms with Gasteiger partial charge in [-0.3, -0.25) is 10.1 Å². The number of hydrogen-bond acceptors (Lipinski definition) is 4. The molecule has 0 saturated heterocycles. The van der Waals surface area contributed by atoms with Gasteiger partial charge < -0.3 is 10.4 Å². The van der Waals surface area contributed by atoms with E-state index in [2.05, 4.69) is 17.5 Å². The minimum Gasteiger partial charge on any atom is -0.478 e. The first-order valence-corrected chi connectivity index (χ1v) is 8.10. The van der Waals surface area contributed by atoms with Gasteiger partial charge in [0.2, 0.25) is 0 Å². The predicted molar refractivity (Wildman–Crippen MR) is 92.8 cm³/mol. The van der Waals surface area contributed by atoms with Gasteiger partial charge in [0.25, 0.3) is 5.69 Å². The number of carbonyl (C=O) groups is 1. The van der Waals surface area contributed by atoms with E-state index in [0.29, 0.717) is 11.3 Å². The molecule has 4 rings (SSSR count). The molecule has 25 heavy (non-hydrogen) atoms. The average Bonchev–Trinajstić information content (AvgIpc) is 3.10. The van der Waals surface area contributed by atoms with Gasteiger partial charge in [0.05, 0.1) is 27.8 Å². The van der Waals surface area contributed by atoms with Crippen LogP contribution in [0.15, 0.2) is 54.6 Å². The van der Waals surface area contributed by atoms with Crippen LogP contribution < -0.4 is 5.32 Å². The number of benzene rings is 2. The molecule has 0 fully saturated rings. The van der Waals surface area contributed by atoms with Crippen LogP contribution in [-0.4, -0.2) is 16.0 Å². The number of carboxylic acids is 1. The fraction of sp³-hybridized carbons (Fsp3) is 0.211. The fourth-order valence-electron chi connectivity index (χ4n) is 4.02. The molecular formula is C19H16N2O4. The number of nitro benzene ring substituents is 1. The first kappa shape index (κ1) is 15.4. The Bertz CT molecular complexity index is 906. The molecule has 126 valence electrons. The molecule has 0 aromatic heterocycles. The number of nitrogens with zero attached hydrogens (tertiary/aromatic N) is 1. The van der Waals surface area contributed by atoms with E-state index in [4.69, 9.17) is 0 Å². The normalized spacial score (nSPS) is 23.4. The third kappa shape index (κ3) is 2.38. The van der Waals surface area contributed by atoms with Gasteiger partial charge in [-0.25, -0.2) is 4.79 Å². The summed E-state index contributed by atoms with van der Waals surface area (Å²) in [6.07, 6.45) is 4.95. The lowest BCUT2D eigenvalue weighted by Gasteiger charge is -2.37. The van der Waals surface area contributed by atoms with Crippen LogP contribution in [0.1, 0.15) is 39.9 Å². The Kier molecular flexibility index (Phi) is 3.53. The molecule has 2 N–H and O–H groups in total. The van der Waals surface area contributed by atoms with Gasteiger partial charge in [0.1, 0.15) is 0 Å². The summed E-state index contributed by atoms with van der Waals surface area (Å²) >= 11 is 0. The van der Waals surface area contributed by atoms with E-state index in [1.165, 1.54) is 6.07 Å². The van der Waals surface area contributed by atoms with Crippen molar-refractivity contribution in [1.29, 1.82) is 0 Å². The summed E-state index contributed by atoms with van der Waals surface area (Å²) in [4.78, 5) is 22.7. The molecule has 1 aliphatic heterocycles. The first-order chi connectivity index (χ1) is 12.1. The molecule has 1 heterocycles. The Labute approximate surface area is 144 Å². The van der Waals surface area contributed by atoms with Crippen molar-refractivity contribution in [2.24, 2.45) is 5.92 Å². The minimum atomic E-state index is -1.01. The Morgan fingerprint density at radius 3 is 2.68 bits per heavy atom. The lowest BCUT2D eigenvalue weighted by molar-refractivity contribution is -0.385. The predicted octanol–water partition coefficient (Wildman–Crippen LogP) is 4.12. The fourth-order valence-corrected chi connectivity index (χ4v) is 4.02. The summed E-state index contributed by atoms with van der Waals surface area (Å²) in [5.74, 6) is -0.830. The van der Waals surface area contributed by atoms with Crippen molar-refractivity contribution in [2.45, 2.75) is 18.4 Å². The molecule has 0 amide bonds. The van der Waals surface area contributed by atoms with Crippen molar-refractivity contribution in [3.63, 3.8) is 0 Å². The number of anilines is 1. The van der Waals surface area contributed by atoms with Gasteiger partial charge in [-0.15, -0.1) is 0 Å². The van der Waals surface area contributed by atoms with E-state index in [1.807, 2.05) is 6.07 Å². The second-order valence-electron chi connectivity index (χ2n) is 6.37. The highest BCUT2D eigenvalue weighted by Gasteiger charge is 2.41. The molecule has 1 aliphatic carbocycles. The summed E-state index contributed by atoms with van der Waals surface area (Å²) in [5.41, 5.74) is 2.35. The van der Waals surface area contributed by atoms with E-state index in [9.17, 15) is 20.0 Å². The monoisotopic (exact) mass is 336 g/mol. The summed E-state index contributed by atoms with van der Waals surface area (Å²) in [6.45, 7) is 0. The molecule has 0 saturated carbocycles. The number of fused-ring (bicyclic) bond motifs is 3. The van der Waals surface area contributed by atoms with E-state index < -0.39 is 5.97 Å². The van der Waals surface area contributed by atoms with E-state index in [-0.39, 0.29) is 34.1 Å². The van der Waals surface area contributed by atoms with Crippen LogP contribution in [0.3, 0.4) is 0 Å². The van der Waals surface area contributed by atoms with Crippen molar-refractivity contribution < 1.29 is 14.8 Å². The molecule has 2 aromatic rings. The second-order valence-corrected chi connectivity index (χ2v) is 6.37. The number of para-hydroxylation sites is 2. The molecule has 0 bridgehead atoms. The highest BCUT2D eigenvalue weighted by atomic mass is 16.6. The third-order valence-corrected chi connectivity index (χ3v) is 5.10. The Balaban J connectivity index is 1.88. The smallest absolute Gasteiger partial charge is 0.337 e. The second kappa shape index (κ2) is 5.73. The zero-order chi connectivity index (χ0) is 17.6. The van der Waals surface area contributed by atoms with Gasteiger partial charge in [-0.2, -0.15) is 0 Å². The lowest BCUT2D eigenvalue weighted by Crippen LogP contribution is -2.30. The molecule has 0 spiro atoms. The molecule has 6 nitrogen and oxygen atoms in total.